The summed E-state index contributed by atoms with van der Waals surface area (Å²) in [5.41, 5.74) is 2.76. The Morgan fingerprint density at radius 3 is 2.95 bits per heavy atom. The second kappa shape index (κ2) is 5.87. The van der Waals surface area contributed by atoms with Crippen molar-refractivity contribution in [1.82, 2.24) is 4.57 Å². The first-order chi connectivity index (χ1) is 9.13. The van der Waals surface area contributed by atoms with E-state index in [-0.39, 0.29) is 5.56 Å². The lowest BCUT2D eigenvalue weighted by molar-refractivity contribution is -0.131. The van der Waals surface area contributed by atoms with Gasteiger partial charge in [0.05, 0.1) is 0 Å². The first kappa shape index (κ1) is 13.6. The summed E-state index contributed by atoms with van der Waals surface area (Å²) in [6, 6.07) is 1.85. The van der Waals surface area contributed by atoms with Gasteiger partial charge in [-0.1, -0.05) is 13.3 Å². The average Bonchev–Trinajstić information content (AvgIpc) is 2.83. The summed E-state index contributed by atoms with van der Waals surface area (Å²) in [4.78, 5) is 22.9. The second-order valence-electron chi connectivity index (χ2n) is 4.91. The van der Waals surface area contributed by atoms with Crippen LogP contribution < -0.4 is 5.56 Å². The van der Waals surface area contributed by atoms with Gasteiger partial charge >= 0.3 is 5.97 Å². The van der Waals surface area contributed by atoms with Crippen LogP contribution in [-0.4, -0.2) is 15.6 Å². The number of unbranched alkanes of at least 4 members (excludes halogenated alkanes) is 1. The molecule has 0 bridgehead atoms. The smallest absolute Gasteiger partial charge is 0.328 e. The molecule has 1 aliphatic carbocycles. The van der Waals surface area contributed by atoms with Gasteiger partial charge in [-0.2, -0.15) is 0 Å². The molecule has 0 spiro atoms. The predicted octanol–water partition coefficient (Wildman–Crippen LogP) is 2.23. The fourth-order valence-corrected chi connectivity index (χ4v) is 2.58. The molecule has 1 heterocycles. The fraction of sp³-hybridized carbons (Fsp3) is 0.467. The Bertz CT molecular complexity index is 569. The molecule has 4 heteroatoms. The molecule has 0 amide bonds. The van der Waals surface area contributed by atoms with Crippen molar-refractivity contribution in [1.29, 1.82) is 0 Å². The molecule has 1 N–H and O–H groups in total. The van der Waals surface area contributed by atoms with Gasteiger partial charge in [0.25, 0.3) is 5.56 Å². The number of aromatic nitrogens is 1. The van der Waals surface area contributed by atoms with Crippen LogP contribution in [0.3, 0.4) is 0 Å². The topological polar surface area (TPSA) is 59.3 Å². The summed E-state index contributed by atoms with van der Waals surface area (Å²) >= 11 is 0. The number of pyridine rings is 1. The SMILES string of the molecule is CCCCn1c2c(cc(/C=C/C(=O)O)c1=O)CCC2. The Kier molecular flexibility index (Phi) is 4.20. The van der Waals surface area contributed by atoms with E-state index in [9.17, 15) is 9.59 Å². The Balaban J connectivity index is 2.46. The van der Waals surface area contributed by atoms with Crippen LogP contribution in [0.1, 0.15) is 43.0 Å². The quantitative estimate of drug-likeness (QED) is 0.827. The highest BCUT2D eigenvalue weighted by atomic mass is 16.4. The van der Waals surface area contributed by atoms with Crippen LogP contribution in [0.15, 0.2) is 16.9 Å². The van der Waals surface area contributed by atoms with E-state index < -0.39 is 5.97 Å². The lowest BCUT2D eigenvalue weighted by atomic mass is 10.1. The first-order valence-corrected chi connectivity index (χ1v) is 6.80. The molecule has 1 aromatic heterocycles. The summed E-state index contributed by atoms with van der Waals surface area (Å²) in [6.45, 7) is 2.83. The van der Waals surface area contributed by atoms with Crippen molar-refractivity contribution < 1.29 is 9.90 Å². The summed E-state index contributed by atoms with van der Waals surface area (Å²) < 4.78 is 1.84. The molecule has 1 aliphatic rings. The maximum Gasteiger partial charge on any atom is 0.328 e. The van der Waals surface area contributed by atoms with Crippen molar-refractivity contribution in [3.8, 4) is 0 Å². The molecule has 0 radical (unpaired) electrons. The van der Waals surface area contributed by atoms with E-state index in [1.165, 1.54) is 11.6 Å². The summed E-state index contributed by atoms with van der Waals surface area (Å²) in [5, 5.41) is 8.67. The van der Waals surface area contributed by atoms with E-state index in [1.54, 1.807) is 0 Å². The van der Waals surface area contributed by atoms with E-state index in [4.69, 9.17) is 5.11 Å². The van der Waals surface area contributed by atoms with Crippen molar-refractivity contribution in [3.05, 3.63) is 39.3 Å². The number of carboxylic acids is 1. The van der Waals surface area contributed by atoms with Crippen molar-refractivity contribution in [2.75, 3.05) is 0 Å². The van der Waals surface area contributed by atoms with Gasteiger partial charge in [-0.05, 0) is 43.4 Å². The van der Waals surface area contributed by atoms with E-state index in [1.807, 2.05) is 10.6 Å². The lowest BCUT2D eigenvalue weighted by Gasteiger charge is -2.13. The molecule has 0 aromatic carbocycles. The third-order valence-electron chi connectivity index (χ3n) is 3.52. The molecule has 4 nitrogen and oxygen atoms in total. The van der Waals surface area contributed by atoms with Crippen LogP contribution in [0.4, 0.5) is 0 Å². The number of rotatable bonds is 5. The van der Waals surface area contributed by atoms with Gasteiger partial charge in [0.1, 0.15) is 0 Å². The second-order valence-corrected chi connectivity index (χ2v) is 4.91. The number of hydrogen-bond acceptors (Lipinski definition) is 2. The number of carbonyl (C=O) groups is 1. The van der Waals surface area contributed by atoms with Gasteiger partial charge in [-0.3, -0.25) is 4.79 Å². The largest absolute Gasteiger partial charge is 0.478 e. The van der Waals surface area contributed by atoms with Gasteiger partial charge in [-0.15, -0.1) is 0 Å². The van der Waals surface area contributed by atoms with E-state index in [0.29, 0.717) is 5.56 Å². The number of carboxylic acid groups (broad SMARTS) is 1. The van der Waals surface area contributed by atoms with Crippen LogP contribution in [-0.2, 0) is 24.2 Å². The van der Waals surface area contributed by atoms with Crippen LogP contribution in [0.5, 0.6) is 0 Å². The van der Waals surface area contributed by atoms with Crippen LogP contribution in [0.2, 0.25) is 0 Å². The Hall–Kier alpha value is -1.84. The molecule has 19 heavy (non-hydrogen) atoms. The number of fused-ring (bicyclic) bond motifs is 1. The molecule has 1 aromatic rings. The molecule has 0 aliphatic heterocycles. The van der Waals surface area contributed by atoms with Crippen LogP contribution in [0.25, 0.3) is 6.08 Å². The Morgan fingerprint density at radius 2 is 2.26 bits per heavy atom. The standard InChI is InChI=1S/C15H19NO3/c1-2-3-9-16-13-6-4-5-11(13)10-12(15(16)19)7-8-14(17)18/h7-8,10H,2-6,9H2,1H3,(H,17,18)/b8-7+. The van der Waals surface area contributed by atoms with Gasteiger partial charge in [-0.25, -0.2) is 4.79 Å². The number of nitrogens with zero attached hydrogens (tertiary/aromatic N) is 1. The third kappa shape index (κ3) is 2.95. The summed E-state index contributed by atoms with van der Waals surface area (Å²) in [6.07, 6.45) is 7.46. The minimum absolute atomic E-state index is 0.0633. The van der Waals surface area contributed by atoms with Gasteiger partial charge < -0.3 is 9.67 Å². The van der Waals surface area contributed by atoms with Crippen molar-refractivity contribution in [2.45, 2.75) is 45.6 Å². The zero-order chi connectivity index (χ0) is 13.8. The first-order valence-electron chi connectivity index (χ1n) is 6.80. The van der Waals surface area contributed by atoms with Crippen molar-refractivity contribution in [3.63, 3.8) is 0 Å². The molecule has 0 saturated carbocycles. The number of aliphatic carboxylic acids is 1. The van der Waals surface area contributed by atoms with E-state index in [0.717, 1.165) is 50.4 Å². The molecular weight excluding hydrogens is 242 g/mol. The zero-order valence-corrected chi connectivity index (χ0v) is 11.2. The molecule has 102 valence electrons. The molecule has 0 unspecified atom stereocenters. The Labute approximate surface area is 112 Å². The number of aryl methyl sites for hydroxylation is 1. The van der Waals surface area contributed by atoms with Crippen LogP contribution >= 0.6 is 0 Å². The molecular formula is C15H19NO3. The van der Waals surface area contributed by atoms with Gasteiger partial charge in [0.2, 0.25) is 0 Å². The highest BCUT2D eigenvalue weighted by molar-refractivity contribution is 5.85. The predicted molar refractivity (Wildman–Crippen MR) is 74.3 cm³/mol. The minimum Gasteiger partial charge on any atom is -0.478 e. The minimum atomic E-state index is -1.03. The van der Waals surface area contributed by atoms with E-state index >= 15 is 0 Å². The zero-order valence-electron chi connectivity index (χ0n) is 11.2. The van der Waals surface area contributed by atoms with Crippen molar-refractivity contribution >= 4 is 12.0 Å². The monoisotopic (exact) mass is 261 g/mol. The third-order valence-corrected chi connectivity index (χ3v) is 3.52. The fourth-order valence-electron chi connectivity index (χ4n) is 2.58. The lowest BCUT2D eigenvalue weighted by Crippen LogP contribution is -2.25. The highest BCUT2D eigenvalue weighted by Crippen LogP contribution is 2.22. The maximum absolute atomic E-state index is 12.4. The average molecular weight is 261 g/mol. The summed E-state index contributed by atoms with van der Waals surface area (Å²) in [5.74, 6) is -1.03. The number of hydrogen-bond donors (Lipinski definition) is 1. The van der Waals surface area contributed by atoms with E-state index in [2.05, 4.69) is 6.92 Å². The molecule has 0 saturated heterocycles. The maximum atomic E-state index is 12.4. The molecule has 0 fully saturated rings. The normalized spacial score (nSPS) is 13.9. The highest BCUT2D eigenvalue weighted by Gasteiger charge is 2.17. The van der Waals surface area contributed by atoms with Crippen molar-refractivity contribution in [2.24, 2.45) is 0 Å². The van der Waals surface area contributed by atoms with Gasteiger partial charge in [0.15, 0.2) is 0 Å². The summed E-state index contributed by atoms with van der Waals surface area (Å²) in [7, 11) is 0. The molecule has 0 atom stereocenters. The Morgan fingerprint density at radius 1 is 1.47 bits per heavy atom. The molecule has 2 rings (SSSR count). The van der Waals surface area contributed by atoms with Crippen LogP contribution in [0, 0.1) is 0 Å². The van der Waals surface area contributed by atoms with Gasteiger partial charge in [0, 0.05) is 23.9 Å².